The van der Waals surface area contributed by atoms with E-state index >= 15 is 0 Å². The lowest BCUT2D eigenvalue weighted by Crippen LogP contribution is -2.47. The van der Waals surface area contributed by atoms with Crippen LogP contribution in [0.5, 0.6) is 5.75 Å². The van der Waals surface area contributed by atoms with Gasteiger partial charge in [-0.15, -0.1) is 0 Å². The van der Waals surface area contributed by atoms with Gasteiger partial charge >= 0.3 is 6.09 Å². The van der Waals surface area contributed by atoms with E-state index in [0.29, 0.717) is 5.92 Å². The van der Waals surface area contributed by atoms with E-state index in [0.717, 1.165) is 37.4 Å². The van der Waals surface area contributed by atoms with E-state index < -0.39 is 5.60 Å². The van der Waals surface area contributed by atoms with Gasteiger partial charge in [0.25, 0.3) is 0 Å². The molecule has 0 radical (unpaired) electrons. The first-order valence-electron chi connectivity index (χ1n) is 9.35. The molecule has 0 saturated carbocycles. The molecule has 0 aliphatic carbocycles. The van der Waals surface area contributed by atoms with Crippen molar-refractivity contribution in [1.29, 1.82) is 0 Å². The predicted molar refractivity (Wildman–Crippen MR) is 109 cm³/mol. The third-order valence-corrected chi connectivity index (χ3v) is 6.38. The number of carbonyl (C=O) groups excluding carboxylic acids is 1. The summed E-state index contributed by atoms with van der Waals surface area (Å²) < 4.78 is 10.9. The number of likely N-dealkylation sites (tertiary alicyclic amines) is 1. The van der Waals surface area contributed by atoms with Crippen LogP contribution >= 0.6 is 11.8 Å². The fourth-order valence-electron chi connectivity index (χ4n) is 3.15. The highest BCUT2D eigenvalue weighted by Gasteiger charge is 2.36. The molecular formula is C21H33NO3S. The Labute approximate surface area is 162 Å². The van der Waals surface area contributed by atoms with Crippen molar-refractivity contribution in [3.05, 3.63) is 29.8 Å². The first-order valence-corrected chi connectivity index (χ1v) is 10.3. The van der Waals surface area contributed by atoms with E-state index in [-0.39, 0.29) is 10.8 Å². The van der Waals surface area contributed by atoms with Gasteiger partial charge in [0.15, 0.2) is 0 Å². The van der Waals surface area contributed by atoms with Gasteiger partial charge in [0, 0.05) is 23.6 Å². The van der Waals surface area contributed by atoms with Gasteiger partial charge in [-0.1, -0.05) is 26.0 Å². The maximum absolute atomic E-state index is 12.4. The van der Waals surface area contributed by atoms with Gasteiger partial charge in [-0.3, -0.25) is 0 Å². The van der Waals surface area contributed by atoms with Crippen LogP contribution in [0, 0.1) is 5.92 Å². The first-order chi connectivity index (χ1) is 12.1. The van der Waals surface area contributed by atoms with Gasteiger partial charge in [0.05, 0.1) is 7.11 Å². The second kappa shape index (κ2) is 8.55. The molecule has 0 bridgehead atoms. The number of rotatable bonds is 5. The molecule has 146 valence electrons. The average Bonchev–Trinajstić information content (AvgIpc) is 2.59. The third kappa shape index (κ3) is 6.11. The molecule has 5 heteroatoms. The van der Waals surface area contributed by atoms with Gasteiger partial charge in [0.1, 0.15) is 11.4 Å². The smallest absolute Gasteiger partial charge is 0.410 e. The van der Waals surface area contributed by atoms with Gasteiger partial charge in [-0.25, -0.2) is 4.79 Å². The second-order valence-corrected chi connectivity index (χ2v) is 10.1. The average molecular weight is 380 g/mol. The summed E-state index contributed by atoms with van der Waals surface area (Å²) in [7, 11) is 1.69. The van der Waals surface area contributed by atoms with E-state index in [1.165, 1.54) is 5.56 Å². The zero-order chi connectivity index (χ0) is 19.4. The number of carbonyl (C=O) groups is 1. The maximum atomic E-state index is 12.4. The predicted octanol–water partition coefficient (Wildman–Crippen LogP) is 5.35. The van der Waals surface area contributed by atoms with Crippen LogP contribution in [0.15, 0.2) is 24.3 Å². The minimum Gasteiger partial charge on any atom is -0.497 e. The van der Waals surface area contributed by atoms with E-state index in [1.54, 1.807) is 7.11 Å². The number of methoxy groups -OCH3 is 1. The molecule has 1 amide bonds. The van der Waals surface area contributed by atoms with Gasteiger partial charge in [-0.2, -0.15) is 11.8 Å². The summed E-state index contributed by atoms with van der Waals surface area (Å²) in [5.41, 5.74) is 0.853. The summed E-state index contributed by atoms with van der Waals surface area (Å²) in [6, 6.07) is 8.26. The van der Waals surface area contributed by atoms with Crippen LogP contribution in [-0.4, -0.2) is 41.5 Å². The van der Waals surface area contributed by atoms with Crippen molar-refractivity contribution in [3.8, 4) is 5.75 Å². The molecule has 1 aromatic carbocycles. The fourth-order valence-corrected chi connectivity index (χ4v) is 4.31. The van der Waals surface area contributed by atoms with E-state index in [9.17, 15) is 4.79 Å². The maximum Gasteiger partial charge on any atom is 0.410 e. The van der Waals surface area contributed by atoms with E-state index in [4.69, 9.17) is 9.47 Å². The van der Waals surface area contributed by atoms with Crippen LogP contribution in [0.1, 0.15) is 53.0 Å². The summed E-state index contributed by atoms with van der Waals surface area (Å²) in [5.74, 6) is 2.31. The lowest BCUT2D eigenvalue weighted by Gasteiger charge is -2.41. The zero-order valence-corrected chi connectivity index (χ0v) is 17.8. The molecule has 4 nitrogen and oxygen atoms in total. The fraction of sp³-hybridized carbons (Fsp3) is 0.667. The van der Waals surface area contributed by atoms with Crippen molar-refractivity contribution in [2.75, 3.05) is 20.2 Å². The minimum absolute atomic E-state index is 0.0978. The van der Waals surface area contributed by atoms with Gasteiger partial charge < -0.3 is 14.4 Å². The monoisotopic (exact) mass is 379 g/mol. The number of ether oxygens (including phenoxy) is 2. The summed E-state index contributed by atoms with van der Waals surface area (Å²) in [6.07, 6.45) is 2.01. The molecule has 1 aromatic rings. The Morgan fingerprint density at radius 1 is 1.19 bits per heavy atom. The molecule has 0 N–H and O–H groups in total. The lowest BCUT2D eigenvalue weighted by molar-refractivity contribution is 0.0151. The topological polar surface area (TPSA) is 38.8 Å². The Bertz CT molecular complexity index is 592. The Hall–Kier alpha value is -1.36. The molecule has 1 heterocycles. The third-order valence-electron chi connectivity index (χ3n) is 4.83. The van der Waals surface area contributed by atoms with Gasteiger partial charge in [-0.05, 0) is 57.2 Å². The minimum atomic E-state index is -0.442. The van der Waals surface area contributed by atoms with Crippen molar-refractivity contribution >= 4 is 17.9 Å². The van der Waals surface area contributed by atoms with Crippen LogP contribution in [0.2, 0.25) is 0 Å². The summed E-state index contributed by atoms with van der Waals surface area (Å²) in [5, 5.41) is 0. The molecule has 1 aliphatic rings. The number of hydrogen-bond donors (Lipinski definition) is 0. The number of piperidine rings is 1. The molecule has 1 saturated heterocycles. The van der Waals surface area contributed by atoms with Crippen molar-refractivity contribution in [2.24, 2.45) is 5.92 Å². The van der Waals surface area contributed by atoms with Crippen molar-refractivity contribution < 1.29 is 14.3 Å². The van der Waals surface area contributed by atoms with Crippen LogP contribution in [0.4, 0.5) is 4.79 Å². The highest BCUT2D eigenvalue weighted by Crippen LogP contribution is 2.39. The molecule has 1 unspecified atom stereocenters. The second-order valence-electron chi connectivity index (χ2n) is 8.51. The Morgan fingerprint density at radius 2 is 1.85 bits per heavy atom. The summed E-state index contributed by atoms with van der Waals surface area (Å²) in [4.78, 5) is 14.3. The standard InChI is InChI=1S/C21H33NO3S/c1-20(2,3)25-19(23)22-13-7-8-17(14-22)21(4,5)26-15-16-9-11-18(24-6)12-10-16/h9-12,17H,7-8,13-15H2,1-6H3. The van der Waals surface area contributed by atoms with Crippen LogP contribution in [0.25, 0.3) is 0 Å². The normalized spacial score (nSPS) is 18.5. The van der Waals surface area contributed by atoms with Crippen molar-refractivity contribution in [3.63, 3.8) is 0 Å². The molecule has 1 atom stereocenters. The highest BCUT2D eigenvalue weighted by molar-refractivity contribution is 7.99. The number of hydrogen-bond acceptors (Lipinski definition) is 4. The zero-order valence-electron chi connectivity index (χ0n) is 17.0. The SMILES string of the molecule is COc1ccc(CSC(C)(C)C2CCCN(C(=O)OC(C)(C)C)C2)cc1. The molecule has 26 heavy (non-hydrogen) atoms. The number of amides is 1. The van der Waals surface area contributed by atoms with Crippen molar-refractivity contribution in [2.45, 2.75) is 63.6 Å². The lowest BCUT2D eigenvalue weighted by atomic mass is 9.87. The quantitative estimate of drug-likeness (QED) is 0.691. The number of thioether (sulfide) groups is 1. The number of benzene rings is 1. The van der Waals surface area contributed by atoms with Crippen LogP contribution < -0.4 is 4.74 Å². The molecule has 0 spiro atoms. The Morgan fingerprint density at radius 3 is 2.42 bits per heavy atom. The van der Waals surface area contributed by atoms with Crippen LogP contribution in [0.3, 0.4) is 0 Å². The van der Waals surface area contributed by atoms with Crippen molar-refractivity contribution in [1.82, 2.24) is 4.90 Å². The van der Waals surface area contributed by atoms with E-state index in [1.807, 2.05) is 49.6 Å². The highest BCUT2D eigenvalue weighted by atomic mass is 32.2. The molecule has 1 fully saturated rings. The Balaban J connectivity index is 1.93. The molecular weight excluding hydrogens is 346 g/mol. The number of nitrogens with zero attached hydrogens (tertiary/aromatic N) is 1. The molecule has 1 aliphatic heterocycles. The Kier molecular flexibility index (Phi) is 6.89. The summed E-state index contributed by atoms with van der Waals surface area (Å²) >= 11 is 1.96. The van der Waals surface area contributed by atoms with Crippen LogP contribution in [-0.2, 0) is 10.5 Å². The molecule has 2 rings (SSSR count). The largest absolute Gasteiger partial charge is 0.497 e. The summed E-state index contributed by atoms with van der Waals surface area (Å²) in [6.45, 7) is 11.9. The molecule has 0 aromatic heterocycles. The van der Waals surface area contributed by atoms with Gasteiger partial charge in [0.2, 0.25) is 0 Å². The first kappa shape index (κ1) is 20.9. The van der Waals surface area contributed by atoms with E-state index in [2.05, 4.69) is 26.0 Å².